The summed E-state index contributed by atoms with van der Waals surface area (Å²) in [7, 11) is 0. The zero-order chi connectivity index (χ0) is 15.4. The molecule has 6 nitrogen and oxygen atoms in total. The van der Waals surface area contributed by atoms with Gasteiger partial charge < -0.3 is 10.4 Å². The fourth-order valence-electron chi connectivity index (χ4n) is 1.94. The second-order valence-electron chi connectivity index (χ2n) is 4.56. The predicted molar refractivity (Wildman–Crippen MR) is 77.5 cm³/mol. The van der Waals surface area contributed by atoms with Gasteiger partial charge in [-0.3, -0.25) is 14.2 Å². The summed E-state index contributed by atoms with van der Waals surface area (Å²) in [6.45, 7) is 1.54. The number of aryl methyl sites for hydroxylation is 1. The molecule has 1 amide bonds. The fourth-order valence-corrected chi connectivity index (χ4v) is 1.94. The summed E-state index contributed by atoms with van der Waals surface area (Å²) < 4.78 is 0.924. The van der Waals surface area contributed by atoms with Crippen molar-refractivity contribution in [2.45, 2.75) is 13.5 Å². The molecule has 0 bridgehead atoms. The molecule has 0 aliphatic heterocycles. The molecule has 2 aromatic rings. The van der Waals surface area contributed by atoms with E-state index in [0.717, 1.165) is 10.1 Å². The topological polar surface area (TPSA) is 88.4 Å². The van der Waals surface area contributed by atoms with Gasteiger partial charge in [-0.15, -0.1) is 0 Å². The first-order valence-corrected chi connectivity index (χ1v) is 6.27. The van der Waals surface area contributed by atoms with Crippen molar-refractivity contribution in [3.63, 3.8) is 0 Å². The molecule has 1 aromatic carbocycles. The van der Waals surface area contributed by atoms with E-state index in [1.165, 1.54) is 18.2 Å². The first kappa shape index (κ1) is 14.5. The summed E-state index contributed by atoms with van der Waals surface area (Å²) >= 11 is 0. The summed E-state index contributed by atoms with van der Waals surface area (Å²) in [5.74, 6) is -1.72. The maximum Gasteiger partial charge on any atom is 0.352 e. The Balaban J connectivity index is 2.21. The zero-order valence-corrected chi connectivity index (χ0v) is 11.4. The van der Waals surface area contributed by atoms with Crippen molar-refractivity contribution in [3.05, 3.63) is 64.1 Å². The molecule has 0 spiro atoms. The zero-order valence-electron chi connectivity index (χ0n) is 11.4. The van der Waals surface area contributed by atoms with Crippen LogP contribution in [0.1, 0.15) is 16.1 Å². The lowest BCUT2D eigenvalue weighted by atomic mass is 10.2. The minimum atomic E-state index is -1.25. The average molecular weight is 286 g/mol. The summed E-state index contributed by atoms with van der Waals surface area (Å²) in [5, 5.41) is 11.7. The van der Waals surface area contributed by atoms with Crippen molar-refractivity contribution in [2.75, 3.05) is 5.32 Å². The van der Waals surface area contributed by atoms with Gasteiger partial charge in [-0.2, -0.15) is 0 Å². The standard InChI is InChI=1S/C15H14N2O4/c1-10-4-2-5-11(8-10)16-13(18)9-17-12(15(20)21)6-3-7-14(17)19/h2-8H,9H2,1H3,(H,16,18)(H,20,21). The minimum absolute atomic E-state index is 0.220. The summed E-state index contributed by atoms with van der Waals surface area (Å²) in [4.78, 5) is 34.7. The molecule has 21 heavy (non-hydrogen) atoms. The Bertz CT molecular complexity index is 749. The molecular weight excluding hydrogens is 272 g/mol. The number of amides is 1. The van der Waals surface area contributed by atoms with Crippen LogP contribution in [0, 0.1) is 6.92 Å². The Morgan fingerprint density at radius 2 is 1.90 bits per heavy atom. The lowest BCUT2D eigenvalue weighted by molar-refractivity contribution is -0.116. The van der Waals surface area contributed by atoms with Gasteiger partial charge in [-0.1, -0.05) is 18.2 Å². The van der Waals surface area contributed by atoms with Crippen LogP contribution >= 0.6 is 0 Å². The Hall–Kier alpha value is -2.89. The van der Waals surface area contributed by atoms with Crippen LogP contribution in [-0.4, -0.2) is 21.6 Å². The Labute approximate surface area is 120 Å². The van der Waals surface area contributed by atoms with E-state index in [-0.39, 0.29) is 12.2 Å². The fraction of sp³-hybridized carbons (Fsp3) is 0.133. The van der Waals surface area contributed by atoms with Gasteiger partial charge in [-0.25, -0.2) is 4.79 Å². The highest BCUT2D eigenvalue weighted by atomic mass is 16.4. The van der Waals surface area contributed by atoms with Crippen LogP contribution in [0.3, 0.4) is 0 Å². The number of benzene rings is 1. The summed E-state index contributed by atoms with van der Waals surface area (Å²) in [6, 6.07) is 11.0. The normalized spacial score (nSPS) is 10.1. The van der Waals surface area contributed by atoms with Gasteiger partial charge in [0, 0.05) is 11.8 Å². The van der Waals surface area contributed by atoms with Gasteiger partial charge in [-0.05, 0) is 30.7 Å². The van der Waals surface area contributed by atoms with Gasteiger partial charge in [0.25, 0.3) is 5.56 Å². The number of carbonyl (C=O) groups is 2. The molecule has 0 atom stereocenters. The molecule has 0 radical (unpaired) electrons. The average Bonchev–Trinajstić information content (AvgIpc) is 2.40. The largest absolute Gasteiger partial charge is 0.477 e. The maximum atomic E-state index is 12.0. The molecule has 0 aliphatic rings. The van der Waals surface area contributed by atoms with Crippen LogP contribution in [0.15, 0.2) is 47.3 Å². The first-order chi connectivity index (χ1) is 9.97. The van der Waals surface area contributed by atoms with E-state index in [9.17, 15) is 14.4 Å². The van der Waals surface area contributed by atoms with Crippen molar-refractivity contribution >= 4 is 17.6 Å². The van der Waals surface area contributed by atoms with E-state index in [1.807, 2.05) is 13.0 Å². The van der Waals surface area contributed by atoms with Crippen molar-refractivity contribution in [3.8, 4) is 0 Å². The van der Waals surface area contributed by atoms with Crippen LogP contribution in [0.25, 0.3) is 0 Å². The number of nitrogens with zero attached hydrogens (tertiary/aromatic N) is 1. The Morgan fingerprint density at radius 1 is 1.19 bits per heavy atom. The van der Waals surface area contributed by atoms with Crippen molar-refractivity contribution < 1.29 is 14.7 Å². The second-order valence-corrected chi connectivity index (χ2v) is 4.56. The number of carbonyl (C=O) groups excluding carboxylic acids is 1. The molecule has 108 valence electrons. The van der Waals surface area contributed by atoms with E-state index < -0.39 is 17.4 Å². The maximum absolute atomic E-state index is 12.0. The second kappa shape index (κ2) is 6.04. The summed E-state index contributed by atoms with van der Waals surface area (Å²) in [6.07, 6.45) is 0. The predicted octanol–water partition coefficient (Wildman–Crippen LogP) is 1.49. The first-order valence-electron chi connectivity index (χ1n) is 6.27. The molecule has 0 unspecified atom stereocenters. The van der Waals surface area contributed by atoms with Crippen molar-refractivity contribution in [1.29, 1.82) is 0 Å². The third kappa shape index (κ3) is 3.56. The molecule has 1 aromatic heterocycles. The monoisotopic (exact) mass is 286 g/mol. The molecule has 0 saturated carbocycles. The molecule has 0 saturated heterocycles. The number of anilines is 1. The number of carboxylic acid groups (broad SMARTS) is 1. The minimum Gasteiger partial charge on any atom is -0.477 e. The number of nitrogens with one attached hydrogen (secondary N) is 1. The van der Waals surface area contributed by atoms with Crippen LogP contribution in [-0.2, 0) is 11.3 Å². The van der Waals surface area contributed by atoms with Gasteiger partial charge in [0.15, 0.2) is 0 Å². The van der Waals surface area contributed by atoms with E-state index in [4.69, 9.17) is 5.11 Å². The van der Waals surface area contributed by atoms with Crippen LogP contribution in [0.2, 0.25) is 0 Å². The van der Waals surface area contributed by atoms with Crippen LogP contribution in [0.5, 0.6) is 0 Å². The lowest BCUT2D eigenvalue weighted by Gasteiger charge is -2.10. The number of hydrogen-bond acceptors (Lipinski definition) is 3. The Kier molecular flexibility index (Phi) is 4.18. The highest BCUT2D eigenvalue weighted by Gasteiger charge is 2.13. The van der Waals surface area contributed by atoms with Crippen molar-refractivity contribution in [2.24, 2.45) is 0 Å². The number of aromatic carboxylic acids is 1. The molecule has 2 rings (SSSR count). The highest BCUT2D eigenvalue weighted by Crippen LogP contribution is 2.09. The van der Waals surface area contributed by atoms with E-state index in [1.54, 1.807) is 18.2 Å². The number of carboxylic acids is 1. The molecular formula is C15H14N2O4. The van der Waals surface area contributed by atoms with Gasteiger partial charge in [0.05, 0.1) is 0 Å². The van der Waals surface area contributed by atoms with E-state index in [0.29, 0.717) is 5.69 Å². The van der Waals surface area contributed by atoms with Gasteiger partial charge in [0.2, 0.25) is 5.91 Å². The molecule has 1 heterocycles. The quantitative estimate of drug-likeness (QED) is 0.891. The number of aromatic nitrogens is 1. The van der Waals surface area contributed by atoms with E-state index in [2.05, 4.69) is 5.32 Å². The number of rotatable bonds is 4. The summed E-state index contributed by atoms with van der Waals surface area (Å²) in [5.41, 5.74) is 0.827. The van der Waals surface area contributed by atoms with Crippen LogP contribution in [0.4, 0.5) is 5.69 Å². The number of pyridine rings is 1. The molecule has 2 N–H and O–H groups in total. The molecule has 6 heteroatoms. The van der Waals surface area contributed by atoms with Crippen LogP contribution < -0.4 is 10.9 Å². The SMILES string of the molecule is Cc1cccc(NC(=O)Cn2c(C(=O)O)cccc2=O)c1. The molecule has 0 aliphatic carbocycles. The van der Waals surface area contributed by atoms with Gasteiger partial charge in [0.1, 0.15) is 12.2 Å². The third-order valence-corrected chi connectivity index (χ3v) is 2.87. The molecule has 0 fully saturated rings. The smallest absolute Gasteiger partial charge is 0.352 e. The highest BCUT2D eigenvalue weighted by molar-refractivity contribution is 5.92. The van der Waals surface area contributed by atoms with E-state index >= 15 is 0 Å². The third-order valence-electron chi connectivity index (χ3n) is 2.87. The van der Waals surface area contributed by atoms with Gasteiger partial charge >= 0.3 is 5.97 Å². The number of hydrogen-bond donors (Lipinski definition) is 2. The van der Waals surface area contributed by atoms with Crippen molar-refractivity contribution in [1.82, 2.24) is 4.57 Å². The lowest BCUT2D eigenvalue weighted by Crippen LogP contribution is -2.30. The Morgan fingerprint density at radius 3 is 2.57 bits per heavy atom.